The highest BCUT2D eigenvalue weighted by molar-refractivity contribution is 7.18. The van der Waals surface area contributed by atoms with Crippen LogP contribution in [0.5, 0.6) is 0 Å². The lowest BCUT2D eigenvalue weighted by Gasteiger charge is -2.10. The molecule has 23 heavy (non-hydrogen) atoms. The Kier molecular flexibility index (Phi) is 4.19. The maximum atomic E-state index is 12.7. The lowest BCUT2D eigenvalue weighted by molar-refractivity contribution is -0.137. The summed E-state index contributed by atoms with van der Waals surface area (Å²) in [5.74, 6) is -0.750. The molecular formula is C16H13ClN2O3S. The molecule has 0 spiro atoms. The third-order valence-electron chi connectivity index (χ3n) is 3.45. The second-order valence-electron chi connectivity index (χ2n) is 5.01. The van der Waals surface area contributed by atoms with Gasteiger partial charge in [0.1, 0.15) is 17.2 Å². The van der Waals surface area contributed by atoms with Crippen molar-refractivity contribution in [2.75, 3.05) is 0 Å². The van der Waals surface area contributed by atoms with Crippen molar-refractivity contribution in [3.05, 3.63) is 50.6 Å². The quantitative estimate of drug-likeness (QED) is 0.784. The van der Waals surface area contributed by atoms with Crippen molar-refractivity contribution >= 4 is 39.1 Å². The number of carbonyl (C=O) groups is 1. The number of halogens is 1. The molecule has 0 aliphatic carbocycles. The van der Waals surface area contributed by atoms with Gasteiger partial charge in [-0.25, -0.2) is 4.98 Å². The molecule has 118 valence electrons. The van der Waals surface area contributed by atoms with Crippen molar-refractivity contribution < 1.29 is 9.90 Å². The van der Waals surface area contributed by atoms with Gasteiger partial charge in [-0.1, -0.05) is 18.5 Å². The summed E-state index contributed by atoms with van der Waals surface area (Å²) in [6, 6.07) is 8.61. The first kappa shape index (κ1) is 15.7. The molecule has 0 aliphatic rings. The number of rotatable bonds is 4. The molecule has 7 heteroatoms. The summed E-state index contributed by atoms with van der Waals surface area (Å²) in [5.41, 5.74) is 0.319. The van der Waals surface area contributed by atoms with Gasteiger partial charge in [-0.05, 0) is 36.8 Å². The summed E-state index contributed by atoms with van der Waals surface area (Å²) < 4.78 is 1.19. The highest BCUT2D eigenvalue weighted by atomic mass is 35.5. The number of hydrogen-bond donors (Lipinski definition) is 1. The Morgan fingerprint density at radius 3 is 2.65 bits per heavy atom. The molecule has 0 amide bonds. The van der Waals surface area contributed by atoms with Crippen LogP contribution in [0.15, 0.2) is 35.1 Å². The van der Waals surface area contributed by atoms with Gasteiger partial charge in [-0.2, -0.15) is 0 Å². The standard InChI is InChI=1S/C16H13ClN2O3S/c1-2-11-7-12-15(23-11)18-14(9-3-5-10(17)6-4-9)19(16(12)22)8-13(20)21/h3-7H,2,8H2,1H3,(H,20,21). The van der Waals surface area contributed by atoms with E-state index in [2.05, 4.69) is 4.98 Å². The van der Waals surface area contributed by atoms with E-state index >= 15 is 0 Å². The number of fused-ring (bicyclic) bond motifs is 1. The van der Waals surface area contributed by atoms with E-state index in [-0.39, 0.29) is 5.56 Å². The molecule has 0 saturated carbocycles. The van der Waals surface area contributed by atoms with Gasteiger partial charge in [0.15, 0.2) is 0 Å². The minimum Gasteiger partial charge on any atom is -0.480 e. The summed E-state index contributed by atoms with van der Waals surface area (Å²) in [6.45, 7) is 1.57. The summed E-state index contributed by atoms with van der Waals surface area (Å²) in [6.07, 6.45) is 0.801. The number of aromatic nitrogens is 2. The van der Waals surface area contributed by atoms with Crippen molar-refractivity contribution in [2.45, 2.75) is 19.9 Å². The van der Waals surface area contributed by atoms with Gasteiger partial charge in [0.2, 0.25) is 0 Å². The maximum Gasteiger partial charge on any atom is 0.323 e. The Balaban J connectivity index is 2.31. The van der Waals surface area contributed by atoms with Gasteiger partial charge in [0, 0.05) is 15.5 Å². The summed E-state index contributed by atoms with van der Waals surface area (Å²) >= 11 is 7.34. The SMILES string of the molecule is CCc1cc2c(=O)n(CC(=O)O)c(-c3ccc(Cl)cc3)nc2s1. The summed E-state index contributed by atoms with van der Waals surface area (Å²) in [5, 5.41) is 10.1. The number of benzene rings is 1. The molecule has 0 atom stereocenters. The first-order chi connectivity index (χ1) is 11.0. The molecule has 3 rings (SSSR count). The molecule has 2 heterocycles. The highest BCUT2D eigenvalue weighted by Crippen LogP contribution is 2.26. The van der Waals surface area contributed by atoms with Crippen molar-refractivity contribution in [1.82, 2.24) is 9.55 Å². The minimum absolute atomic E-state index is 0.335. The van der Waals surface area contributed by atoms with E-state index in [9.17, 15) is 9.59 Å². The van der Waals surface area contributed by atoms with Crippen LogP contribution in [0, 0.1) is 0 Å². The first-order valence-electron chi connectivity index (χ1n) is 7.00. The number of aryl methyl sites for hydroxylation is 1. The zero-order chi connectivity index (χ0) is 16.6. The largest absolute Gasteiger partial charge is 0.480 e. The normalized spacial score (nSPS) is 11.0. The van der Waals surface area contributed by atoms with Crippen molar-refractivity contribution in [1.29, 1.82) is 0 Å². The third-order valence-corrected chi connectivity index (χ3v) is 4.87. The Morgan fingerprint density at radius 2 is 2.04 bits per heavy atom. The van der Waals surface area contributed by atoms with Crippen molar-refractivity contribution in [3.8, 4) is 11.4 Å². The van der Waals surface area contributed by atoms with E-state index in [4.69, 9.17) is 16.7 Å². The lowest BCUT2D eigenvalue weighted by Crippen LogP contribution is -2.26. The molecule has 0 aliphatic heterocycles. The number of aliphatic carboxylic acids is 1. The van der Waals surface area contributed by atoms with Gasteiger partial charge in [-0.15, -0.1) is 11.3 Å². The van der Waals surface area contributed by atoms with Crippen LogP contribution in [-0.4, -0.2) is 20.6 Å². The van der Waals surface area contributed by atoms with Crippen LogP contribution in [0.2, 0.25) is 5.02 Å². The lowest BCUT2D eigenvalue weighted by atomic mass is 10.2. The minimum atomic E-state index is -1.09. The van der Waals surface area contributed by atoms with Gasteiger partial charge < -0.3 is 5.11 Å². The number of carboxylic acid groups (broad SMARTS) is 1. The molecular weight excluding hydrogens is 336 g/mol. The van der Waals surface area contributed by atoms with E-state index < -0.39 is 12.5 Å². The van der Waals surface area contributed by atoms with E-state index in [1.54, 1.807) is 30.3 Å². The third kappa shape index (κ3) is 3.00. The van der Waals surface area contributed by atoms with E-state index in [1.165, 1.54) is 15.9 Å². The molecule has 0 radical (unpaired) electrons. The second-order valence-corrected chi connectivity index (χ2v) is 6.56. The van der Waals surface area contributed by atoms with Crippen LogP contribution < -0.4 is 5.56 Å². The Morgan fingerprint density at radius 1 is 1.35 bits per heavy atom. The van der Waals surface area contributed by atoms with Crippen LogP contribution in [0.1, 0.15) is 11.8 Å². The predicted octanol–water partition coefficient (Wildman–Crippen LogP) is 3.43. The Bertz CT molecular complexity index is 944. The Hall–Kier alpha value is -2.18. The summed E-state index contributed by atoms with van der Waals surface area (Å²) in [4.78, 5) is 30.0. The van der Waals surface area contributed by atoms with E-state index in [0.717, 1.165) is 11.3 Å². The van der Waals surface area contributed by atoms with Crippen molar-refractivity contribution in [3.63, 3.8) is 0 Å². The van der Waals surface area contributed by atoms with Gasteiger partial charge in [0.25, 0.3) is 5.56 Å². The number of carboxylic acids is 1. The molecule has 5 nitrogen and oxygen atoms in total. The van der Waals surface area contributed by atoms with Crippen LogP contribution in [0.3, 0.4) is 0 Å². The smallest absolute Gasteiger partial charge is 0.323 e. The zero-order valence-corrected chi connectivity index (χ0v) is 13.8. The fourth-order valence-corrected chi connectivity index (χ4v) is 3.43. The average molecular weight is 349 g/mol. The molecule has 1 aromatic carbocycles. The topological polar surface area (TPSA) is 72.2 Å². The van der Waals surface area contributed by atoms with Crippen molar-refractivity contribution in [2.24, 2.45) is 0 Å². The van der Waals surface area contributed by atoms with Crippen LogP contribution in [-0.2, 0) is 17.8 Å². The summed E-state index contributed by atoms with van der Waals surface area (Å²) in [7, 11) is 0. The number of nitrogens with zero attached hydrogens (tertiary/aromatic N) is 2. The molecule has 0 fully saturated rings. The molecule has 0 saturated heterocycles. The second kappa shape index (κ2) is 6.14. The monoisotopic (exact) mass is 348 g/mol. The van der Waals surface area contributed by atoms with Crippen LogP contribution in [0.25, 0.3) is 21.6 Å². The maximum absolute atomic E-state index is 12.7. The molecule has 0 unspecified atom stereocenters. The van der Waals surface area contributed by atoms with Crippen LogP contribution in [0.4, 0.5) is 0 Å². The zero-order valence-electron chi connectivity index (χ0n) is 12.2. The Labute approximate surface area is 140 Å². The number of hydrogen-bond acceptors (Lipinski definition) is 4. The fourth-order valence-electron chi connectivity index (χ4n) is 2.34. The van der Waals surface area contributed by atoms with Gasteiger partial charge >= 0.3 is 5.97 Å². The number of thiophene rings is 1. The van der Waals surface area contributed by atoms with Gasteiger partial charge in [0.05, 0.1) is 5.39 Å². The predicted molar refractivity (Wildman–Crippen MR) is 91.3 cm³/mol. The van der Waals surface area contributed by atoms with E-state index in [1.807, 2.05) is 6.92 Å². The molecule has 0 bridgehead atoms. The molecule has 2 aromatic heterocycles. The molecule has 1 N–H and O–H groups in total. The molecule has 3 aromatic rings. The first-order valence-corrected chi connectivity index (χ1v) is 8.20. The van der Waals surface area contributed by atoms with E-state index in [0.29, 0.717) is 26.6 Å². The van der Waals surface area contributed by atoms with Crippen LogP contribution >= 0.6 is 22.9 Å². The average Bonchev–Trinajstić information content (AvgIpc) is 2.94. The fraction of sp³-hybridized carbons (Fsp3) is 0.188. The van der Waals surface area contributed by atoms with Gasteiger partial charge in [-0.3, -0.25) is 14.2 Å². The highest BCUT2D eigenvalue weighted by Gasteiger charge is 2.17.